The van der Waals surface area contributed by atoms with Gasteiger partial charge in [0.15, 0.2) is 5.78 Å². The Labute approximate surface area is 152 Å². The van der Waals surface area contributed by atoms with E-state index in [9.17, 15) is 9.59 Å². The Hall–Kier alpha value is -3.08. The molecule has 2 aromatic rings. The molecule has 26 heavy (non-hydrogen) atoms. The van der Waals surface area contributed by atoms with Crippen LogP contribution >= 0.6 is 0 Å². The normalized spacial score (nSPS) is 14.1. The number of anilines is 1. The predicted octanol–water partition coefficient (Wildman–Crippen LogP) is 3.73. The van der Waals surface area contributed by atoms with E-state index < -0.39 is 0 Å². The number of hydrogen-bond donors (Lipinski definition) is 0. The average Bonchev–Trinajstić information content (AvgIpc) is 3.11. The second-order valence-electron chi connectivity index (χ2n) is 6.04. The fourth-order valence-electron chi connectivity index (χ4n) is 2.94. The van der Waals surface area contributed by atoms with Gasteiger partial charge in [0.05, 0.1) is 14.2 Å². The number of ether oxygens (including phenoxy) is 2. The summed E-state index contributed by atoms with van der Waals surface area (Å²) in [6.07, 6.45) is 4.66. The van der Waals surface area contributed by atoms with Crippen molar-refractivity contribution in [1.82, 2.24) is 0 Å². The van der Waals surface area contributed by atoms with E-state index in [4.69, 9.17) is 9.47 Å². The predicted molar refractivity (Wildman–Crippen MR) is 101 cm³/mol. The van der Waals surface area contributed by atoms with Gasteiger partial charge in [-0.2, -0.15) is 0 Å². The first-order chi connectivity index (χ1) is 12.6. The van der Waals surface area contributed by atoms with E-state index in [0.29, 0.717) is 30.0 Å². The number of methoxy groups -OCH3 is 2. The molecule has 5 heteroatoms. The molecular weight excluding hydrogens is 330 g/mol. The Bertz CT molecular complexity index is 835. The van der Waals surface area contributed by atoms with E-state index >= 15 is 0 Å². The van der Waals surface area contributed by atoms with Crippen LogP contribution in [0.4, 0.5) is 5.69 Å². The standard InChI is InChI=1S/C21H21NO4/c1-25-18-11-15(12-19(14-18)26-2)8-9-20(23)16-5-3-6-17(13-16)22-10-4-7-21(22)24/h3,5-6,8-9,11-14H,4,7,10H2,1-2H3. The van der Waals surface area contributed by atoms with Crippen LogP contribution in [0, 0.1) is 0 Å². The number of carbonyl (C=O) groups is 2. The second-order valence-corrected chi connectivity index (χ2v) is 6.04. The lowest BCUT2D eigenvalue weighted by atomic mass is 10.1. The van der Waals surface area contributed by atoms with E-state index in [-0.39, 0.29) is 11.7 Å². The molecule has 2 aromatic carbocycles. The fourth-order valence-corrected chi connectivity index (χ4v) is 2.94. The molecule has 0 spiro atoms. The van der Waals surface area contributed by atoms with E-state index in [2.05, 4.69) is 0 Å². The highest BCUT2D eigenvalue weighted by Crippen LogP contribution is 2.24. The van der Waals surface area contributed by atoms with E-state index in [0.717, 1.165) is 17.7 Å². The number of carbonyl (C=O) groups excluding carboxylic acids is 2. The molecule has 0 saturated carbocycles. The van der Waals surface area contributed by atoms with Gasteiger partial charge in [-0.1, -0.05) is 18.2 Å². The van der Waals surface area contributed by atoms with Gasteiger partial charge in [-0.3, -0.25) is 9.59 Å². The third kappa shape index (κ3) is 3.94. The molecule has 0 atom stereocenters. The number of amides is 1. The first-order valence-corrected chi connectivity index (χ1v) is 8.46. The maximum atomic E-state index is 12.5. The minimum Gasteiger partial charge on any atom is -0.497 e. The Balaban J connectivity index is 1.80. The van der Waals surface area contributed by atoms with Crippen molar-refractivity contribution in [2.24, 2.45) is 0 Å². The van der Waals surface area contributed by atoms with Gasteiger partial charge < -0.3 is 14.4 Å². The van der Waals surface area contributed by atoms with Crippen LogP contribution in [0.5, 0.6) is 11.5 Å². The summed E-state index contributed by atoms with van der Waals surface area (Å²) >= 11 is 0. The van der Waals surface area contributed by atoms with Crippen molar-refractivity contribution in [2.45, 2.75) is 12.8 Å². The number of benzene rings is 2. The van der Waals surface area contributed by atoms with Crippen LogP contribution in [0.15, 0.2) is 48.5 Å². The molecule has 1 fully saturated rings. The maximum absolute atomic E-state index is 12.5. The summed E-state index contributed by atoms with van der Waals surface area (Å²) in [5, 5.41) is 0. The Morgan fingerprint density at radius 2 is 1.81 bits per heavy atom. The van der Waals surface area contributed by atoms with Gasteiger partial charge in [0.2, 0.25) is 5.91 Å². The average molecular weight is 351 g/mol. The minimum atomic E-state index is -0.125. The highest BCUT2D eigenvalue weighted by atomic mass is 16.5. The quantitative estimate of drug-likeness (QED) is 0.588. The highest BCUT2D eigenvalue weighted by molar-refractivity contribution is 6.08. The highest BCUT2D eigenvalue weighted by Gasteiger charge is 2.22. The van der Waals surface area contributed by atoms with Crippen LogP contribution in [-0.2, 0) is 4.79 Å². The third-order valence-electron chi connectivity index (χ3n) is 4.32. The molecule has 5 nitrogen and oxygen atoms in total. The summed E-state index contributed by atoms with van der Waals surface area (Å²) in [5.74, 6) is 1.30. The molecule has 1 amide bonds. The number of rotatable bonds is 6. The maximum Gasteiger partial charge on any atom is 0.227 e. The van der Waals surface area contributed by atoms with Crippen LogP contribution < -0.4 is 14.4 Å². The monoisotopic (exact) mass is 351 g/mol. The van der Waals surface area contributed by atoms with E-state index in [1.807, 2.05) is 18.2 Å². The number of nitrogens with zero attached hydrogens (tertiary/aromatic N) is 1. The van der Waals surface area contributed by atoms with Crippen molar-refractivity contribution in [3.05, 3.63) is 59.7 Å². The van der Waals surface area contributed by atoms with Gasteiger partial charge in [-0.25, -0.2) is 0 Å². The van der Waals surface area contributed by atoms with Crippen molar-refractivity contribution in [3.8, 4) is 11.5 Å². The molecule has 0 bridgehead atoms. The van der Waals surface area contributed by atoms with Gasteiger partial charge in [-0.05, 0) is 42.3 Å². The Morgan fingerprint density at radius 1 is 1.08 bits per heavy atom. The minimum absolute atomic E-state index is 0.105. The number of hydrogen-bond acceptors (Lipinski definition) is 4. The topological polar surface area (TPSA) is 55.8 Å². The first kappa shape index (κ1) is 17.7. The van der Waals surface area contributed by atoms with Crippen LogP contribution in [0.25, 0.3) is 6.08 Å². The fraction of sp³-hybridized carbons (Fsp3) is 0.238. The molecule has 0 aromatic heterocycles. The molecular formula is C21H21NO4. The van der Waals surface area contributed by atoms with Crippen molar-refractivity contribution >= 4 is 23.5 Å². The van der Waals surface area contributed by atoms with Gasteiger partial charge in [0.25, 0.3) is 0 Å². The van der Waals surface area contributed by atoms with Crippen LogP contribution in [0.1, 0.15) is 28.8 Å². The summed E-state index contributed by atoms with van der Waals surface area (Å²) in [4.78, 5) is 26.1. The molecule has 0 unspecified atom stereocenters. The SMILES string of the molecule is COc1cc(C=CC(=O)c2cccc(N3CCCC3=O)c2)cc(OC)c1. The summed E-state index contributed by atoms with van der Waals surface area (Å²) in [6, 6.07) is 12.6. The van der Waals surface area contributed by atoms with Crippen molar-refractivity contribution in [3.63, 3.8) is 0 Å². The van der Waals surface area contributed by atoms with Crippen LogP contribution in [-0.4, -0.2) is 32.5 Å². The molecule has 0 aliphatic carbocycles. The third-order valence-corrected chi connectivity index (χ3v) is 4.32. The molecule has 3 rings (SSSR count). The number of ketones is 1. The zero-order valence-electron chi connectivity index (χ0n) is 14.9. The second kappa shape index (κ2) is 7.87. The Morgan fingerprint density at radius 3 is 2.42 bits per heavy atom. The van der Waals surface area contributed by atoms with Gasteiger partial charge in [-0.15, -0.1) is 0 Å². The lowest BCUT2D eigenvalue weighted by Crippen LogP contribution is -2.23. The van der Waals surface area contributed by atoms with Crippen molar-refractivity contribution in [1.29, 1.82) is 0 Å². The largest absolute Gasteiger partial charge is 0.497 e. The summed E-state index contributed by atoms with van der Waals surface area (Å²) in [6.45, 7) is 0.704. The van der Waals surface area contributed by atoms with E-state index in [1.165, 1.54) is 6.08 Å². The van der Waals surface area contributed by atoms with Gasteiger partial charge in [0, 0.05) is 30.3 Å². The van der Waals surface area contributed by atoms with Gasteiger partial charge in [0.1, 0.15) is 11.5 Å². The molecule has 1 aliphatic heterocycles. The lowest BCUT2D eigenvalue weighted by molar-refractivity contribution is -0.117. The van der Waals surface area contributed by atoms with Crippen LogP contribution in [0.3, 0.4) is 0 Å². The molecule has 134 valence electrons. The molecule has 1 heterocycles. The summed E-state index contributed by atoms with van der Waals surface area (Å²) in [7, 11) is 3.16. The summed E-state index contributed by atoms with van der Waals surface area (Å²) in [5.41, 5.74) is 2.13. The lowest BCUT2D eigenvalue weighted by Gasteiger charge is -2.16. The number of allylic oxidation sites excluding steroid dienone is 1. The van der Waals surface area contributed by atoms with Crippen LogP contribution in [0.2, 0.25) is 0 Å². The molecule has 0 radical (unpaired) electrons. The molecule has 1 aliphatic rings. The Kier molecular flexibility index (Phi) is 5.37. The first-order valence-electron chi connectivity index (χ1n) is 8.46. The zero-order valence-corrected chi connectivity index (χ0v) is 14.9. The summed E-state index contributed by atoms with van der Waals surface area (Å²) < 4.78 is 10.5. The van der Waals surface area contributed by atoms with Crippen molar-refractivity contribution < 1.29 is 19.1 Å². The van der Waals surface area contributed by atoms with Crippen molar-refractivity contribution in [2.75, 3.05) is 25.7 Å². The zero-order chi connectivity index (χ0) is 18.5. The molecule has 1 saturated heterocycles. The van der Waals surface area contributed by atoms with Gasteiger partial charge >= 0.3 is 0 Å². The smallest absolute Gasteiger partial charge is 0.227 e. The molecule has 0 N–H and O–H groups in total. The van der Waals surface area contributed by atoms with E-state index in [1.54, 1.807) is 49.5 Å².